The van der Waals surface area contributed by atoms with Crippen LogP contribution in [0.1, 0.15) is 33.9 Å². The van der Waals surface area contributed by atoms with E-state index in [4.69, 9.17) is 14.1 Å². The number of anilines is 3. The van der Waals surface area contributed by atoms with Gasteiger partial charge >= 0.3 is 0 Å². The van der Waals surface area contributed by atoms with Crippen molar-refractivity contribution in [2.24, 2.45) is 5.92 Å². The van der Waals surface area contributed by atoms with E-state index in [-0.39, 0.29) is 47.9 Å². The zero-order chi connectivity index (χ0) is 29.6. The van der Waals surface area contributed by atoms with Crippen LogP contribution in [0.15, 0.2) is 36.7 Å². The molecule has 3 aromatic rings. The quantitative estimate of drug-likeness (QED) is 0.294. The van der Waals surface area contributed by atoms with Crippen LogP contribution in [0.25, 0.3) is 11.1 Å². The van der Waals surface area contributed by atoms with Gasteiger partial charge in [0.25, 0.3) is 5.91 Å². The number of ether oxygens (including phenoxy) is 1. The van der Waals surface area contributed by atoms with Gasteiger partial charge in [-0.25, -0.2) is 0 Å². The van der Waals surface area contributed by atoms with Gasteiger partial charge in [0.1, 0.15) is 12.2 Å². The minimum atomic E-state index is -2.76. The van der Waals surface area contributed by atoms with Crippen molar-refractivity contribution < 1.29 is 23.2 Å². The van der Waals surface area contributed by atoms with Crippen molar-refractivity contribution in [1.82, 2.24) is 30.6 Å². The molecule has 3 amide bonds. The highest BCUT2D eigenvalue weighted by Gasteiger charge is 2.30. The number of hydrogen-bond acceptors (Lipinski definition) is 9. The SMILES string of the molecule is [2H]C([2H])([2H])NC(=O)c1nnc(NC(=O)C2CC2)cc1Nc1cccc(-c2cnn(CCNC(=O)CC#N)c2)c1OC. The molecule has 1 aromatic carbocycles. The second-order valence-corrected chi connectivity index (χ2v) is 8.40. The van der Waals surface area contributed by atoms with Gasteiger partial charge in [0.2, 0.25) is 11.8 Å². The highest BCUT2D eigenvalue weighted by Crippen LogP contribution is 2.38. The fourth-order valence-corrected chi connectivity index (χ4v) is 3.65. The summed E-state index contributed by atoms with van der Waals surface area (Å²) in [5.74, 6) is -1.19. The zero-order valence-corrected chi connectivity index (χ0v) is 20.4. The first-order valence-corrected chi connectivity index (χ1v) is 11.7. The van der Waals surface area contributed by atoms with Crippen molar-refractivity contribution in [2.45, 2.75) is 25.8 Å². The summed E-state index contributed by atoms with van der Waals surface area (Å²) in [4.78, 5) is 36.5. The third kappa shape index (κ3) is 6.22. The summed E-state index contributed by atoms with van der Waals surface area (Å²) in [6.07, 6.45) is 4.71. The first kappa shape index (κ1) is 22.2. The standard InChI is InChI=1S/C25H27N9O4/c1-27-25(37)22-19(12-20(32-33-22)31-24(36)15-6-7-15)30-18-5-3-4-17(23(18)38-2)16-13-29-34(14-16)11-10-28-21(35)8-9-26/h3-5,12-15H,6-8,10-11H2,1-2H3,(H,27,37)(H,28,35)(H2,30,31,32,36)/i1D3. The Bertz CT molecular complexity index is 1500. The summed E-state index contributed by atoms with van der Waals surface area (Å²) in [5.41, 5.74) is 1.54. The Morgan fingerprint density at radius 2 is 2.11 bits per heavy atom. The smallest absolute Gasteiger partial charge is 0.273 e. The van der Waals surface area contributed by atoms with Crippen LogP contribution in [-0.4, -0.2) is 58.3 Å². The molecule has 0 bridgehead atoms. The predicted octanol–water partition coefficient (Wildman–Crippen LogP) is 1.83. The molecule has 0 saturated heterocycles. The highest BCUT2D eigenvalue weighted by atomic mass is 16.5. The van der Waals surface area contributed by atoms with Crippen LogP contribution in [0, 0.1) is 17.2 Å². The van der Waals surface area contributed by atoms with Gasteiger partial charge in [0.05, 0.1) is 37.3 Å². The molecule has 196 valence electrons. The molecule has 0 radical (unpaired) electrons. The van der Waals surface area contributed by atoms with E-state index in [0.717, 1.165) is 12.8 Å². The lowest BCUT2D eigenvalue weighted by Crippen LogP contribution is -2.26. The van der Waals surface area contributed by atoms with Crippen LogP contribution in [0.3, 0.4) is 0 Å². The van der Waals surface area contributed by atoms with Gasteiger partial charge in [-0.1, -0.05) is 12.1 Å². The summed E-state index contributed by atoms with van der Waals surface area (Å²) < 4.78 is 29.4. The molecule has 1 fully saturated rings. The molecule has 0 aliphatic heterocycles. The number of nitrogens with zero attached hydrogens (tertiary/aromatic N) is 5. The Labute approximate surface area is 222 Å². The van der Waals surface area contributed by atoms with Gasteiger partial charge in [-0.3, -0.25) is 19.1 Å². The summed E-state index contributed by atoms with van der Waals surface area (Å²) in [5, 5.41) is 30.9. The molecule has 1 aliphatic rings. The molecule has 4 rings (SSSR count). The van der Waals surface area contributed by atoms with Crippen molar-refractivity contribution in [3.05, 3.63) is 42.4 Å². The van der Waals surface area contributed by atoms with Crippen molar-refractivity contribution in [3.8, 4) is 22.9 Å². The number of benzene rings is 1. The topological polar surface area (TPSA) is 176 Å². The minimum Gasteiger partial charge on any atom is -0.494 e. The van der Waals surface area contributed by atoms with E-state index in [2.05, 4.69) is 31.2 Å². The van der Waals surface area contributed by atoms with Crippen LogP contribution in [0.5, 0.6) is 5.75 Å². The summed E-state index contributed by atoms with van der Waals surface area (Å²) >= 11 is 0. The second kappa shape index (κ2) is 11.8. The van der Waals surface area contributed by atoms with Gasteiger partial charge in [-0.05, 0) is 18.9 Å². The summed E-state index contributed by atoms with van der Waals surface area (Å²) in [7, 11) is 1.47. The lowest BCUT2D eigenvalue weighted by Gasteiger charge is -2.16. The number of rotatable bonds is 11. The van der Waals surface area contributed by atoms with Gasteiger partial charge in [0, 0.05) is 46.9 Å². The number of carbonyl (C=O) groups is 3. The van der Waals surface area contributed by atoms with Crippen LogP contribution in [0.4, 0.5) is 17.2 Å². The highest BCUT2D eigenvalue weighted by molar-refractivity contribution is 6.00. The van der Waals surface area contributed by atoms with Gasteiger partial charge < -0.3 is 26.0 Å². The van der Waals surface area contributed by atoms with Crippen molar-refractivity contribution in [2.75, 3.05) is 31.3 Å². The number of nitriles is 1. The summed E-state index contributed by atoms with van der Waals surface area (Å²) in [6.45, 7) is -2.10. The maximum Gasteiger partial charge on any atom is 0.273 e. The number of hydrogen-bond donors (Lipinski definition) is 4. The largest absolute Gasteiger partial charge is 0.494 e. The Hall–Kier alpha value is -4.99. The first-order valence-electron chi connectivity index (χ1n) is 13.2. The number of nitrogens with one attached hydrogen (secondary N) is 4. The van der Waals surface area contributed by atoms with Crippen LogP contribution in [-0.2, 0) is 16.1 Å². The fourth-order valence-electron chi connectivity index (χ4n) is 3.65. The number of para-hydroxylation sites is 1. The molecule has 38 heavy (non-hydrogen) atoms. The Morgan fingerprint density at radius 3 is 2.84 bits per heavy atom. The van der Waals surface area contributed by atoms with Gasteiger partial charge in [-0.15, -0.1) is 10.2 Å². The third-order valence-corrected chi connectivity index (χ3v) is 5.66. The van der Waals surface area contributed by atoms with Crippen molar-refractivity contribution in [3.63, 3.8) is 0 Å². The fraction of sp³-hybridized carbons (Fsp3) is 0.320. The number of amides is 3. The molecule has 4 N–H and O–H groups in total. The zero-order valence-electron chi connectivity index (χ0n) is 23.4. The molecule has 2 aromatic heterocycles. The monoisotopic (exact) mass is 520 g/mol. The molecule has 2 heterocycles. The summed E-state index contributed by atoms with van der Waals surface area (Å²) in [6, 6.07) is 8.41. The molecular weight excluding hydrogens is 490 g/mol. The molecule has 1 aliphatic carbocycles. The maximum atomic E-state index is 12.7. The molecule has 13 heteroatoms. The number of carbonyl (C=O) groups excluding carboxylic acids is 3. The average Bonchev–Trinajstić information content (AvgIpc) is 3.66. The predicted molar refractivity (Wildman–Crippen MR) is 138 cm³/mol. The first-order chi connectivity index (χ1) is 19.6. The molecular formula is C25H27N9O4. The average molecular weight is 521 g/mol. The van der Waals surface area contributed by atoms with Crippen LogP contribution in [0.2, 0.25) is 0 Å². The van der Waals surface area contributed by atoms with E-state index in [9.17, 15) is 14.4 Å². The lowest BCUT2D eigenvalue weighted by molar-refractivity contribution is -0.120. The molecule has 1 saturated carbocycles. The van der Waals surface area contributed by atoms with Crippen LogP contribution < -0.4 is 26.0 Å². The Kier molecular flexibility index (Phi) is 6.92. The van der Waals surface area contributed by atoms with E-state index in [1.165, 1.54) is 13.2 Å². The Morgan fingerprint density at radius 1 is 1.26 bits per heavy atom. The van der Waals surface area contributed by atoms with Crippen LogP contribution >= 0.6 is 0 Å². The van der Waals surface area contributed by atoms with Crippen molar-refractivity contribution >= 4 is 34.9 Å². The normalized spacial score (nSPS) is 13.7. The van der Waals surface area contributed by atoms with E-state index in [1.54, 1.807) is 41.3 Å². The molecule has 13 nitrogen and oxygen atoms in total. The third-order valence-electron chi connectivity index (χ3n) is 5.66. The lowest BCUT2D eigenvalue weighted by atomic mass is 10.1. The minimum absolute atomic E-state index is 0.0899. The van der Waals surface area contributed by atoms with E-state index in [0.29, 0.717) is 29.1 Å². The maximum absolute atomic E-state index is 12.7. The second-order valence-electron chi connectivity index (χ2n) is 8.40. The van der Waals surface area contributed by atoms with E-state index in [1.807, 2.05) is 5.32 Å². The van der Waals surface area contributed by atoms with Crippen molar-refractivity contribution in [1.29, 1.82) is 5.26 Å². The molecule has 0 unspecified atom stereocenters. The Balaban J connectivity index is 1.61. The molecule has 0 spiro atoms. The molecule has 0 atom stereocenters. The van der Waals surface area contributed by atoms with E-state index < -0.39 is 12.9 Å². The van der Waals surface area contributed by atoms with Gasteiger partial charge in [0.15, 0.2) is 11.5 Å². The number of methoxy groups -OCH3 is 1. The number of aromatic nitrogens is 4. The van der Waals surface area contributed by atoms with Gasteiger partial charge in [-0.2, -0.15) is 10.4 Å². The van der Waals surface area contributed by atoms with E-state index >= 15 is 0 Å².